The van der Waals surface area contributed by atoms with E-state index in [0.717, 1.165) is 58.8 Å². The minimum atomic E-state index is 0.339. The van der Waals surface area contributed by atoms with Crippen LogP contribution in [0.15, 0.2) is 29.0 Å². The van der Waals surface area contributed by atoms with Crippen molar-refractivity contribution in [1.29, 1.82) is 0 Å². The number of aromatic amines is 1. The Balaban J connectivity index is 1.69. The number of H-pyrrole nitrogens is 1. The highest BCUT2D eigenvalue weighted by atomic mass is 79.9. The summed E-state index contributed by atoms with van der Waals surface area (Å²) in [4.78, 5) is 15.8. The molecule has 1 aliphatic heterocycles. The van der Waals surface area contributed by atoms with Crippen LogP contribution < -0.4 is 4.90 Å². The quantitative estimate of drug-likeness (QED) is 0.747. The van der Waals surface area contributed by atoms with E-state index in [2.05, 4.69) is 52.0 Å². The Morgan fingerprint density at radius 1 is 1.30 bits per heavy atom. The minimum Gasteiger partial charge on any atom is -0.355 e. The van der Waals surface area contributed by atoms with Crippen molar-refractivity contribution in [3.05, 3.63) is 40.6 Å². The van der Waals surface area contributed by atoms with E-state index in [1.165, 1.54) is 0 Å². The Hall–Kier alpha value is -2.02. The van der Waals surface area contributed by atoms with Crippen molar-refractivity contribution in [2.75, 3.05) is 18.0 Å². The van der Waals surface area contributed by atoms with E-state index in [1.807, 2.05) is 19.1 Å². The van der Waals surface area contributed by atoms with Gasteiger partial charge in [0.1, 0.15) is 18.0 Å². The van der Waals surface area contributed by atoms with E-state index in [-0.39, 0.29) is 0 Å². The maximum absolute atomic E-state index is 4.55. The normalized spacial score (nSPS) is 18.5. The van der Waals surface area contributed by atoms with Gasteiger partial charge in [0.05, 0.1) is 5.52 Å². The summed E-state index contributed by atoms with van der Waals surface area (Å²) in [6.07, 6.45) is 3.87. The molecule has 1 aromatic carbocycles. The van der Waals surface area contributed by atoms with Crippen LogP contribution in [-0.4, -0.2) is 38.2 Å². The van der Waals surface area contributed by atoms with Gasteiger partial charge in [-0.1, -0.05) is 15.9 Å². The lowest BCUT2D eigenvalue weighted by Gasteiger charge is -2.32. The number of rotatable bonds is 2. The Labute approximate surface area is 142 Å². The number of nitrogens with one attached hydrogen (secondary N) is 1. The van der Waals surface area contributed by atoms with E-state index < -0.39 is 0 Å². The third-order valence-corrected chi connectivity index (χ3v) is 4.77. The van der Waals surface area contributed by atoms with E-state index in [1.54, 1.807) is 6.33 Å². The number of fused-ring (bicyclic) bond motifs is 1. The highest BCUT2D eigenvalue weighted by molar-refractivity contribution is 9.10. The second-order valence-corrected chi connectivity index (χ2v) is 6.84. The van der Waals surface area contributed by atoms with Gasteiger partial charge < -0.3 is 4.90 Å². The molecule has 2 aromatic heterocycles. The summed E-state index contributed by atoms with van der Waals surface area (Å²) in [7, 11) is 0. The van der Waals surface area contributed by atoms with Crippen molar-refractivity contribution in [2.24, 2.45) is 0 Å². The second kappa shape index (κ2) is 5.88. The molecule has 0 amide bonds. The zero-order valence-corrected chi connectivity index (χ0v) is 14.4. The van der Waals surface area contributed by atoms with Crippen molar-refractivity contribution < 1.29 is 0 Å². The summed E-state index contributed by atoms with van der Waals surface area (Å²) in [5.74, 6) is 3.11. The number of piperidine rings is 1. The summed E-state index contributed by atoms with van der Waals surface area (Å²) < 4.78 is 1.04. The Bertz CT molecular complexity index is 845. The van der Waals surface area contributed by atoms with Gasteiger partial charge in [-0.2, -0.15) is 5.10 Å². The zero-order valence-electron chi connectivity index (χ0n) is 12.8. The molecule has 23 heavy (non-hydrogen) atoms. The fourth-order valence-corrected chi connectivity index (χ4v) is 3.55. The summed E-state index contributed by atoms with van der Waals surface area (Å²) in [6.45, 7) is 3.82. The molecule has 3 aromatic rings. The van der Waals surface area contributed by atoms with Crippen LogP contribution in [0.25, 0.3) is 10.9 Å². The van der Waals surface area contributed by atoms with Gasteiger partial charge in [0.2, 0.25) is 0 Å². The SMILES string of the molecule is Cc1nc(C2CCCN(c3ncnc4ccc(Br)cc34)C2)n[nH]1. The number of nitrogens with zero attached hydrogens (tertiary/aromatic N) is 5. The van der Waals surface area contributed by atoms with Gasteiger partial charge >= 0.3 is 0 Å². The Morgan fingerprint density at radius 2 is 2.22 bits per heavy atom. The van der Waals surface area contributed by atoms with Crippen molar-refractivity contribution in [3.8, 4) is 0 Å². The van der Waals surface area contributed by atoms with Gasteiger partial charge in [0, 0.05) is 28.9 Å². The average molecular weight is 373 g/mol. The number of anilines is 1. The van der Waals surface area contributed by atoms with Gasteiger partial charge in [0.25, 0.3) is 0 Å². The molecule has 4 rings (SSSR count). The van der Waals surface area contributed by atoms with Crippen molar-refractivity contribution in [3.63, 3.8) is 0 Å². The van der Waals surface area contributed by atoms with Crippen molar-refractivity contribution in [2.45, 2.75) is 25.7 Å². The van der Waals surface area contributed by atoms with E-state index >= 15 is 0 Å². The van der Waals surface area contributed by atoms with Crippen LogP contribution >= 0.6 is 15.9 Å². The maximum atomic E-state index is 4.55. The number of benzene rings is 1. The predicted molar refractivity (Wildman–Crippen MR) is 92.5 cm³/mol. The van der Waals surface area contributed by atoms with E-state index in [4.69, 9.17) is 0 Å². The highest BCUT2D eigenvalue weighted by Crippen LogP contribution is 2.31. The van der Waals surface area contributed by atoms with Gasteiger partial charge in [-0.3, -0.25) is 5.10 Å². The number of hydrogen-bond donors (Lipinski definition) is 1. The lowest BCUT2D eigenvalue weighted by atomic mass is 9.97. The molecule has 6 nitrogen and oxygen atoms in total. The first-order valence-electron chi connectivity index (χ1n) is 7.75. The molecule has 1 atom stereocenters. The molecule has 7 heteroatoms. The predicted octanol–water partition coefficient (Wildman–Crippen LogP) is 3.20. The largest absolute Gasteiger partial charge is 0.355 e. The molecule has 0 radical (unpaired) electrons. The molecule has 1 unspecified atom stereocenters. The summed E-state index contributed by atoms with van der Waals surface area (Å²) in [5.41, 5.74) is 0.967. The average Bonchev–Trinajstić information content (AvgIpc) is 3.01. The van der Waals surface area contributed by atoms with Gasteiger partial charge in [-0.15, -0.1) is 0 Å². The van der Waals surface area contributed by atoms with Crippen LogP contribution in [0, 0.1) is 6.92 Å². The maximum Gasteiger partial charge on any atom is 0.155 e. The molecule has 3 heterocycles. The molecule has 1 fully saturated rings. The molecule has 0 saturated carbocycles. The first-order valence-corrected chi connectivity index (χ1v) is 8.54. The van der Waals surface area contributed by atoms with Gasteiger partial charge in [-0.05, 0) is 38.0 Å². The number of aryl methyl sites for hydroxylation is 1. The van der Waals surface area contributed by atoms with Crippen LogP contribution in [0.4, 0.5) is 5.82 Å². The van der Waals surface area contributed by atoms with Crippen molar-refractivity contribution in [1.82, 2.24) is 25.1 Å². The highest BCUT2D eigenvalue weighted by Gasteiger charge is 2.26. The lowest BCUT2D eigenvalue weighted by Crippen LogP contribution is -2.35. The molecule has 0 bridgehead atoms. The Morgan fingerprint density at radius 3 is 3.04 bits per heavy atom. The molecule has 0 aliphatic carbocycles. The topological polar surface area (TPSA) is 70.6 Å². The molecule has 1 N–H and O–H groups in total. The standard InChI is InChI=1S/C16H17BrN6/c1-10-20-15(22-21-10)11-3-2-6-23(8-11)16-13-7-12(17)4-5-14(13)18-9-19-16/h4-5,7,9,11H,2-3,6,8H2,1H3,(H,20,21,22). The van der Waals surface area contributed by atoms with Crippen molar-refractivity contribution >= 4 is 32.7 Å². The van der Waals surface area contributed by atoms with Gasteiger partial charge in [0.15, 0.2) is 5.82 Å². The van der Waals surface area contributed by atoms with Crippen LogP contribution in [-0.2, 0) is 0 Å². The summed E-state index contributed by atoms with van der Waals surface area (Å²) in [6, 6.07) is 6.12. The summed E-state index contributed by atoms with van der Waals surface area (Å²) in [5, 5.41) is 8.36. The second-order valence-electron chi connectivity index (χ2n) is 5.92. The first-order chi connectivity index (χ1) is 11.2. The monoisotopic (exact) mass is 372 g/mol. The third kappa shape index (κ3) is 2.81. The zero-order chi connectivity index (χ0) is 15.8. The molecule has 118 valence electrons. The fourth-order valence-electron chi connectivity index (χ4n) is 3.19. The third-order valence-electron chi connectivity index (χ3n) is 4.28. The number of hydrogen-bond acceptors (Lipinski definition) is 5. The Kier molecular flexibility index (Phi) is 3.72. The smallest absolute Gasteiger partial charge is 0.155 e. The van der Waals surface area contributed by atoms with Crippen LogP contribution in [0.3, 0.4) is 0 Å². The minimum absolute atomic E-state index is 0.339. The molecule has 1 saturated heterocycles. The fraction of sp³-hybridized carbons (Fsp3) is 0.375. The van der Waals surface area contributed by atoms with E-state index in [9.17, 15) is 0 Å². The molecule has 0 spiro atoms. The number of aromatic nitrogens is 5. The molecular weight excluding hydrogens is 356 g/mol. The number of halogens is 1. The lowest BCUT2D eigenvalue weighted by molar-refractivity contribution is 0.490. The molecular formula is C16H17BrN6. The van der Waals surface area contributed by atoms with Crippen LogP contribution in [0.1, 0.15) is 30.4 Å². The van der Waals surface area contributed by atoms with Crippen LogP contribution in [0.2, 0.25) is 0 Å². The van der Waals surface area contributed by atoms with Crippen LogP contribution in [0.5, 0.6) is 0 Å². The summed E-state index contributed by atoms with van der Waals surface area (Å²) >= 11 is 3.54. The van der Waals surface area contributed by atoms with Gasteiger partial charge in [-0.25, -0.2) is 15.0 Å². The first kappa shape index (κ1) is 14.6. The molecule has 1 aliphatic rings. The van der Waals surface area contributed by atoms with E-state index in [0.29, 0.717) is 5.92 Å².